The molecule has 0 unspecified atom stereocenters. The number of carbonyl (C=O) groups is 1. The van der Waals surface area contributed by atoms with Gasteiger partial charge in [-0.25, -0.2) is 4.98 Å². The van der Waals surface area contributed by atoms with Crippen molar-refractivity contribution in [3.8, 4) is 0 Å². The first-order chi connectivity index (χ1) is 14.2. The van der Waals surface area contributed by atoms with E-state index in [1.807, 2.05) is 55.1 Å². The highest BCUT2D eigenvalue weighted by atomic mass is 16.5. The second-order valence-electron chi connectivity index (χ2n) is 8.55. The highest BCUT2D eigenvalue weighted by molar-refractivity contribution is 5.91. The van der Waals surface area contributed by atoms with Crippen LogP contribution in [0.15, 0.2) is 55.1 Å². The van der Waals surface area contributed by atoms with E-state index in [1.165, 1.54) is 0 Å². The number of carbonyl (C=O) groups excluding carboxylic acids is 1. The zero-order valence-electron chi connectivity index (χ0n) is 16.6. The van der Waals surface area contributed by atoms with E-state index in [0.29, 0.717) is 24.5 Å². The van der Waals surface area contributed by atoms with Gasteiger partial charge in [0, 0.05) is 63.0 Å². The van der Waals surface area contributed by atoms with E-state index in [-0.39, 0.29) is 11.5 Å². The number of likely N-dealkylation sites (tertiary alicyclic amines) is 1. The molecule has 6 nitrogen and oxygen atoms in total. The Balaban J connectivity index is 1.16. The second kappa shape index (κ2) is 7.76. The first-order valence-electron chi connectivity index (χ1n) is 10.6. The summed E-state index contributed by atoms with van der Waals surface area (Å²) in [5.41, 5.74) is 1.05. The van der Waals surface area contributed by atoms with Crippen molar-refractivity contribution in [1.82, 2.24) is 19.8 Å². The molecule has 1 N–H and O–H groups in total. The molecule has 4 atom stereocenters. The topological polar surface area (TPSA) is 59.4 Å². The summed E-state index contributed by atoms with van der Waals surface area (Å²) >= 11 is 0. The van der Waals surface area contributed by atoms with Gasteiger partial charge in [-0.3, -0.25) is 9.69 Å². The first kappa shape index (κ1) is 18.6. The Kier molecular flexibility index (Phi) is 4.97. The number of imidazole rings is 1. The predicted octanol–water partition coefficient (Wildman–Crippen LogP) is 2.19. The van der Waals surface area contributed by atoms with Gasteiger partial charge in [-0.2, -0.15) is 0 Å². The second-order valence-corrected chi connectivity index (χ2v) is 8.55. The smallest absolute Gasteiger partial charge is 0.244 e. The van der Waals surface area contributed by atoms with Gasteiger partial charge in [-0.05, 0) is 24.5 Å². The van der Waals surface area contributed by atoms with Gasteiger partial charge in [0.15, 0.2) is 0 Å². The summed E-state index contributed by atoms with van der Waals surface area (Å²) in [6.07, 6.45) is 11.8. The summed E-state index contributed by atoms with van der Waals surface area (Å²) in [7, 11) is 0. The Morgan fingerprint density at radius 1 is 1.31 bits per heavy atom. The molecule has 0 saturated carbocycles. The molecule has 3 aliphatic rings. The van der Waals surface area contributed by atoms with Gasteiger partial charge in [-0.1, -0.05) is 30.3 Å². The van der Waals surface area contributed by atoms with Crippen LogP contribution in [0.3, 0.4) is 0 Å². The Labute approximate surface area is 171 Å². The molecule has 6 heteroatoms. The summed E-state index contributed by atoms with van der Waals surface area (Å²) in [6, 6.07) is 9.91. The fourth-order valence-electron chi connectivity index (χ4n) is 5.42. The third-order valence-electron chi connectivity index (χ3n) is 6.83. The van der Waals surface area contributed by atoms with Crippen LogP contribution in [0.2, 0.25) is 0 Å². The zero-order chi connectivity index (χ0) is 19.7. The third-order valence-corrected chi connectivity index (χ3v) is 6.83. The largest absolute Gasteiger partial charge is 0.370 e. The van der Waals surface area contributed by atoms with Crippen LogP contribution in [0.4, 0.5) is 0 Å². The molecule has 1 amide bonds. The van der Waals surface area contributed by atoms with Gasteiger partial charge in [0.1, 0.15) is 0 Å². The van der Waals surface area contributed by atoms with Crippen molar-refractivity contribution in [1.29, 1.82) is 0 Å². The maximum Gasteiger partial charge on any atom is 0.244 e. The Bertz CT molecular complexity index is 866. The van der Waals surface area contributed by atoms with Gasteiger partial charge in [0.05, 0.1) is 18.0 Å². The standard InChI is InChI=1S/C23H28N4O2/c28-22(7-6-18-4-2-1-3-5-18)25-14-19-20-15-27(13-12-26-11-10-24-17-26)16-23(20)9-8-21(19)29-23/h1-7,10-11,17,19-21H,8-9,12-16H2,(H,25,28)/t19-,20+,21+,23+/m0/s1. The average Bonchev–Trinajstić information content (AvgIpc) is 3.51. The van der Waals surface area contributed by atoms with Crippen LogP contribution < -0.4 is 5.32 Å². The number of nitrogens with zero attached hydrogens (tertiary/aromatic N) is 3. The molecule has 3 aliphatic heterocycles. The van der Waals surface area contributed by atoms with Crippen LogP contribution >= 0.6 is 0 Å². The van der Waals surface area contributed by atoms with Gasteiger partial charge in [-0.15, -0.1) is 0 Å². The lowest BCUT2D eigenvalue weighted by Crippen LogP contribution is -2.41. The molecule has 4 heterocycles. The molecule has 1 aromatic heterocycles. The van der Waals surface area contributed by atoms with E-state index in [4.69, 9.17) is 4.74 Å². The van der Waals surface area contributed by atoms with E-state index < -0.39 is 0 Å². The van der Waals surface area contributed by atoms with Crippen molar-refractivity contribution in [2.24, 2.45) is 11.8 Å². The van der Waals surface area contributed by atoms with E-state index in [9.17, 15) is 4.79 Å². The van der Waals surface area contributed by atoms with Crippen molar-refractivity contribution in [2.45, 2.75) is 31.1 Å². The molecule has 1 aromatic carbocycles. The molecular formula is C23H28N4O2. The van der Waals surface area contributed by atoms with E-state index in [2.05, 4.69) is 19.8 Å². The molecule has 3 saturated heterocycles. The predicted molar refractivity (Wildman–Crippen MR) is 111 cm³/mol. The van der Waals surface area contributed by atoms with E-state index in [1.54, 1.807) is 6.08 Å². The molecule has 3 fully saturated rings. The molecule has 2 aromatic rings. The number of amides is 1. The average molecular weight is 393 g/mol. The zero-order valence-corrected chi connectivity index (χ0v) is 16.6. The fourth-order valence-corrected chi connectivity index (χ4v) is 5.42. The summed E-state index contributed by atoms with van der Waals surface area (Å²) in [5.74, 6) is 0.902. The molecule has 0 aliphatic carbocycles. The fraction of sp³-hybridized carbons (Fsp3) is 0.478. The number of ether oxygens (including phenoxy) is 1. The molecule has 152 valence electrons. The van der Waals surface area contributed by atoms with Crippen molar-refractivity contribution < 1.29 is 9.53 Å². The highest BCUT2D eigenvalue weighted by Crippen LogP contribution is 2.54. The van der Waals surface area contributed by atoms with Crippen LogP contribution in [-0.2, 0) is 16.1 Å². The first-order valence-corrected chi connectivity index (χ1v) is 10.6. The lowest BCUT2D eigenvalue weighted by molar-refractivity contribution is -0.116. The van der Waals surface area contributed by atoms with Crippen molar-refractivity contribution >= 4 is 12.0 Å². The van der Waals surface area contributed by atoms with Crippen molar-refractivity contribution in [3.05, 3.63) is 60.7 Å². The monoisotopic (exact) mass is 392 g/mol. The van der Waals surface area contributed by atoms with Crippen LogP contribution in [0, 0.1) is 11.8 Å². The maximum absolute atomic E-state index is 12.3. The lowest BCUT2D eigenvalue weighted by Gasteiger charge is -2.29. The number of fused-ring (bicyclic) bond motifs is 1. The number of hydrogen-bond donors (Lipinski definition) is 1. The van der Waals surface area contributed by atoms with Gasteiger partial charge < -0.3 is 14.6 Å². The SMILES string of the molecule is O=C(C=Cc1ccccc1)NC[C@H]1[C@H]2CN(CCn3ccnc3)C[C@]23CC[C@H]1O3. The highest BCUT2D eigenvalue weighted by Gasteiger charge is 2.62. The summed E-state index contributed by atoms with van der Waals surface area (Å²) in [5, 5.41) is 3.12. The molecular weight excluding hydrogens is 364 g/mol. The van der Waals surface area contributed by atoms with Gasteiger partial charge in [0.25, 0.3) is 0 Å². The number of aromatic nitrogens is 2. The number of rotatable bonds is 7. The Morgan fingerprint density at radius 2 is 2.21 bits per heavy atom. The van der Waals surface area contributed by atoms with E-state index in [0.717, 1.165) is 44.6 Å². The van der Waals surface area contributed by atoms with Gasteiger partial charge >= 0.3 is 0 Å². The van der Waals surface area contributed by atoms with Crippen molar-refractivity contribution in [3.63, 3.8) is 0 Å². The normalized spacial score (nSPS) is 30.8. The summed E-state index contributed by atoms with van der Waals surface area (Å²) in [6.45, 7) is 4.75. The van der Waals surface area contributed by atoms with E-state index >= 15 is 0 Å². The Morgan fingerprint density at radius 3 is 3.03 bits per heavy atom. The molecule has 0 radical (unpaired) electrons. The summed E-state index contributed by atoms with van der Waals surface area (Å²) in [4.78, 5) is 19.0. The van der Waals surface area contributed by atoms with Gasteiger partial charge in [0.2, 0.25) is 5.91 Å². The Hall–Kier alpha value is -2.44. The van der Waals surface area contributed by atoms with Crippen molar-refractivity contribution in [2.75, 3.05) is 26.2 Å². The molecule has 29 heavy (non-hydrogen) atoms. The van der Waals surface area contributed by atoms with Crippen LogP contribution in [0.5, 0.6) is 0 Å². The quantitative estimate of drug-likeness (QED) is 0.734. The van der Waals surface area contributed by atoms with Crippen LogP contribution in [0.1, 0.15) is 18.4 Å². The van der Waals surface area contributed by atoms with Crippen LogP contribution in [-0.4, -0.2) is 58.2 Å². The molecule has 2 bridgehead atoms. The number of benzene rings is 1. The number of hydrogen-bond acceptors (Lipinski definition) is 4. The molecule has 5 rings (SSSR count). The minimum Gasteiger partial charge on any atom is -0.370 e. The lowest BCUT2D eigenvalue weighted by atomic mass is 9.73. The minimum absolute atomic E-state index is 0.00881. The number of nitrogens with one attached hydrogen (secondary N) is 1. The van der Waals surface area contributed by atoms with Crippen LogP contribution in [0.25, 0.3) is 6.08 Å². The minimum atomic E-state index is -0.0272. The third kappa shape index (κ3) is 3.74. The summed E-state index contributed by atoms with van der Waals surface area (Å²) < 4.78 is 8.62. The maximum atomic E-state index is 12.3. The molecule has 1 spiro atoms.